The van der Waals surface area contributed by atoms with Crippen LogP contribution in [0.1, 0.15) is 39.5 Å². The molecule has 1 heteroatoms. The van der Waals surface area contributed by atoms with Gasteiger partial charge in [-0.25, -0.2) is 0 Å². The fourth-order valence-electron chi connectivity index (χ4n) is 1.36. The zero-order valence-electron chi connectivity index (χ0n) is 6.28. The molecule has 1 saturated carbocycles. The third kappa shape index (κ3) is 2.29. The summed E-state index contributed by atoms with van der Waals surface area (Å²) in [5.41, 5.74) is 0. The molecular formula is C8H15Br. The first-order valence-corrected chi connectivity index (χ1v) is 4.58. The van der Waals surface area contributed by atoms with Gasteiger partial charge in [0.05, 0.1) is 0 Å². The van der Waals surface area contributed by atoms with Crippen molar-refractivity contribution in [3.8, 4) is 0 Å². The molecule has 9 heavy (non-hydrogen) atoms. The van der Waals surface area contributed by atoms with Gasteiger partial charge < -0.3 is 0 Å². The second kappa shape index (κ2) is 2.61. The fourth-order valence-corrected chi connectivity index (χ4v) is 1.82. The standard InChI is InChI=1S/C8H15Br/c1-7-3-5-8(2,9)6-4-7/h7H,3-6H2,1-2H3. The van der Waals surface area contributed by atoms with Gasteiger partial charge in [-0.1, -0.05) is 22.9 Å². The third-order valence-electron chi connectivity index (χ3n) is 2.32. The summed E-state index contributed by atoms with van der Waals surface area (Å²) in [7, 11) is 0. The van der Waals surface area contributed by atoms with E-state index in [-0.39, 0.29) is 0 Å². The Labute approximate surface area is 66.2 Å². The maximum atomic E-state index is 3.72. The Morgan fingerprint density at radius 2 is 1.78 bits per heavy atom. The molecule has 1 rings (SSSR count). The Bertz CT molecular complexity index is 86.7. The molecule has 0 atom stereocenters. The van der Waals surface area contributed by atoms with E-state index in [1.165, 1.54) is 25.7 Å². The number of alkyl halides is 1. The highest BCUT2D eigenvalue weighted by Gasteiger charge is 2.25. The summed E-state index contributed by atoms with van der Waals surface area (Å²) < 4.78 is 0.472. The lowest BCUT2D eigenvalue weighted by Gasteiger charge is -2.30. The molecule has 0 nitrogen and oxygen atoms in total. The number of hydrogen-bond acceptors (Lipinski definition) is 0. The maximum Gasteiger partial charge on any atom is 0.0230 e. The minimum Gasteiger partial charge on any atom is -0.0856 e. The minimum absolute atomic E-state index is 0.472. The van der Waals surface area contributed by atoms with Crippen molar-refractivity contribution in [2.24, 2.45) is 5.92 Å². The molecule has 0 aromatic carbocycles. The van der Waals surface area contributed by atoms with Crippen LogP contribution in [-0.2, 0) is 0 Å². The lowest BCUT2D eigenvalue weighted by Crippen LogP contribution is -2.22. The van der Waals surface area contributed by atoms with E-state index in [1.54, 1.807) is 0 Å². The maximum absolute atomic E-state index is 3.72. The molecule has 0 bridgehead atoms. The van der Waals surface area contributed by atoms with Gasteiger partial charge in [0.25, 0.3) is 0 Å². The molecular weight excluding hydrogens is 176 g/mol. The zero-order chi connectivity index (χ0) is 6.91. The van der Waals surface area contributed by atoms with E-state index < -0.39 is 0 Å². The Morgan fingerprint density at radius 3 is 2.11 bits per heavy atom. The van der Waals surface area contributed by atoms with E-state index in [9.17, 15) is 0 Å². The number of halogens is 1. The van der Waals surface area contributed by atoms with Gasteiger partial charge in [-0.3, -0.25) is 0 Å². The Kier molecular flexibility index (Phi) is 2.20. The number of hydrogen-bond donors (Lipinski definition) is 0. The molecule has 0 N–H and O–H groups in total. The molecule has 54 valence electrons. The molecule has 0 aromatic heterocycles. The Morgan fingerprint density at radius 1 is 1.33 bits per heavy atom. The summed E-state index contributed by atoms with van der Waals surface area (Å²) in [5.74, 6) is 0.968. The van der Waals surface area contributed by atoms with E-state index in [4.69, 9.17) is 0 Å². The molecule has 0 unspecified atom stereocenters. The van der Waals surface area contributed by atoms with E-state index in [0.29, 0.717) is 4.32 Å². The first-order chi connectivity index (χ1) is 4.10. The molecule has 0 heterocycles. The summed E-state index contributed by atoms with van der Waals surface area (Å²) in [6.07, 6.45) is 5.52. The van der Waals surface area contributed by atoms with Crippen molar-refractivity contribution in [1.82, 2.24) is 0 Å². The van der Waals surface area contributed by atoms with Crippen LogP contribution in [0.5, 0.6) is 0 Å². The fraction of sp³-hybridized carbons (Fsp3) is 1.00. The van der Waals surface area contributed by atoms with Crippen LogP contribution in [0.25, 0.3) is 0 Å². The molecule has 0 spiro atoms. The SMILES string of the molecule is CC1CCC(C)(Br)CC1. The first kappa shape index (κ1) is 7.59. The first-order valence-electron chi connectivity index (χ1n) is 3.79. The van der Waals surface area contributed by atoms with Gasteiger partial charge in [-0.2, -0.15) is 0 Å². The van der Waals surface area contributed by atoms with Gasteiger partial charge >= 0.3 is 0 Å². The van der Waals surface area contributed by atoms with Crippen molar-refractivity contribution in [1.29, 1.82) is 0 Å². The lowest BCUT2D eigenvalue weighted by atomic mass is 9.84. The van der Waals surface area contributed by atoms with Crippen LogP contribution in [0, 0.1) is 5.92 Å². The minimum atomic E-state index is 0.472. The average Bonchev–Trinajstić information content (AvgIpc) is 1.78. The summed E-state index contributed by atoms with van der Waals surface area (Å²) in [6.45, 7) is 4.65. The second-order valence-electron chi connectivity index (χ2n) is 3.60. The van der Waals surface area contributed by atoms with Crippen molar-refractivity contribution in [3.63, 3.8) is 0 Å². The zero-order valence-corrected chi connectivity index (χ0v) is 7.87. The molecule has 0 aliphatic heterocycles. The van der Waals surface area contributed by atoms with E-state index in [2.05, 4.69) is 29.8 Å². The second-order valence-corrected chi connectivity index (χ2v) is 5.51. The molecule has 1 aliphatic carbocycles. The predicted octanol–water partition coefficient (Wildman–Crippen LogP) is 3.35. The molecule has 0 radical (unpaired) electrons. The summed E-state index contributed by atoms with van der Waals surface area (Å²) in [6, 6.07) is 0. The lowest BCUT2D eigenvalue weighted by molar-refractivity contribution is 0.339. The van der Waals surface area contributed by atoms with Crippen molar-refractivity contribution >= 4 is 15.9 Å². The topological polar surface area (TPSA) is 0 Å². The van der Waals surface area contributed by atoms with E-state index >= 15 is 0 Å². The normalized spacial score (nSPS) is 45.0. The highest BCUT2D eigenvalue weighted by molar-refractivity contribution is 9.10. The Balaban J connectivity index is 2.35. The van der Waals surface area contributed by atoms with Crippen LogP contribution in [0.4, 0.5) is 0 Å². The van der Waals surface area contributed by atoms with E-state index in [1.807, 2.05) is 0 Å². The molecule has 1 aliphatic rings. The van der Waals surface area contributed by atoms with Crippen molar-refractivity contribution < 1.29 is 0 Å². The number of rotatable bonds is 0. The Hall–Kier alpha value is 0.480. The molecule has 0 aromatic rings. The third-order valence-corrected chi connectivity index (χ3v) is 3.11. The highest BCUT2D eigenvalue weighted by atomic mass is 79.9. The quantitative estimate of drug-likeness (QED) is 0.515. The van der Waals surface area contributed by atoms with Crippen LogP contribution in [0.15, 0.2) is 0 Å². The van der Waals surface area contributed by atoms with Crippen LogP contribution < -0.4 is 0 Å². The summed E-state index contributed by atoms with van der Waals surface area (Å²) >= 11 is 3.72. The van der Waals surface area contributed by atoms with Gasteiger partial charge in [0, 0.05) is 4.32 Å². The van der Waals surface area contributed by atoms with Crippen LogP contribution in [0.3, 0.4) is 0 Å². The molecule has 0 amide bonds. The van der Waals surface area contributed by atoms with Gasteiger partial charge in [0.1, 0.15) is 0 Å². The van der Waals surface area contributed by atoms with Gasteiger partial charge in [0.2, 0.25) is 0 Å². The van der Waals surface area contributed by atoms with Gasteiger partial charge in [0.15, 0.2) is 0 Å². The molecule has 0 saturated heterocycles. The van der Waals surface area contributed by atoms with Crippen molar-refractivity contribution in [2.75, 3.05) is 0 Å². The van der Waals surface area contributed by atoms with Crippen molar-refractivity contribution in [3.05, 3.63) is 0 Å². The van der Waals surface area contributed by atoms with Gasteiger partial charge in [-0.05, 0) is 38.5 Å². The van der Waals surface area contributed by atoms with Crippen LogP contribution in [0.2, 0.25) is 0 Å². The predicted molar refractivity (Wildman–Crippen MR) is 45.0 cm³/mol. The summed E-state index contributed by atoms with van der Waals surface area (Å²) in [5, 5.41) is 0. The summed E-state index contributed by atoms with van der Waals surface area (Å²) in [4.78, 5) is 0. The average molecular weight is 191 g/mol. The van der Waals surface area contributed by atoms with Crippen molar-refractivity contribution in [2.45, 2.75) is 43.9 Å². The largest absolute Gasteiger partial charge is 0.0856 e. The van der Waals surface area contributed by atoms with Gasteiger partial charge in [-0.15, -0.1) is 0 Å². The monoisotopic (exact) mass is 190 g/mol. The smallest absolute Gasteiger partial charge is 0.0230 e. The van der Waals surface area contributed by atoms with Crippen LogP contribution in [-0.4, -0.2) is 4.32 Å². The van der Waals surface area contributed by atoms with Crippen LogP contribution >= 0.6 is 15.9 Å². The molecule has 1 fully saturated rings. The van der Waals surface area contributed by atoms with E-state index in [0.717, 1.165) is 5.92 Å². The highest BCUT2D eigenvalue weighted by Crippen LogP contribution is 2.37.